The van der Waals surface area contributed by atoms with Crippen molar-refractivity contribution in [1.82, 2.24) is 4.57 Å². The molecule has 11 aromatic carbocycles. The van der Waals surface area contributed by atoms with Gasteiger partial charge >= 0.3 is 0 Å². The van der Waals surface area contributed by atoms with Crippen LogP contribution in [0.4, 0.5) is 17.1 Å². The predicted molar refractivity (Wildman–Crippen MR) is 292 cm³/mol. The van der Waals surface area contributed by atoms with Crippen molar-refractivity contribution in [3.63, 3.8) is 0 Å². The quantitative estimate of drug-likeness (QED) is 0.148. The maximum Gasteiger partial charge on any atom is 0.0547 e. The highest BCUT2D eigenvalue weighted by molar-refractivity contribution is 6.16. The van der Waals surface area contributed by atoms with Gasteiger partial charge in [0.15, 0.2) is 0 Å². The average Bonchev–Trinajstić information content (AvgIpc) is 3.87. The molecule has 13 rings (SSSR count). The van der Waals surface area contributed by atoms with E-state index < -0.39 is 0 Å². The summed E-state index contributed by atoms with van der Waals surface area (Å²) in [4.78, 5) is 2.42. The molecule has 69 heavy (non-hydrogen) atoms. The first-order chi connectivity index (χ1) is 34.0. The number of para-hydroxylation sites is 2. The van der Waals surface area contributed by atoms with Crippen LogP contribution in [0.1, 0.15) is 25.0 Å². The number of hydrogen-bond donors (Lipinski definition) is 0. The Kier molecular flexibility index (Phi) is 9.55. The average molecular weight is 881 g/mol. The molecule has 2 heteroatoms. The van der Waals surface area contributed by atoms with E-state index in [0.29, 0.717) is 0 Å². The summed E-state index contributed by atoms with van der Waals surface area (Å²) in [6, 6.07) is 93.6. The van der Waals surface area contributed by atoms with E-state index in [1.54, 1.807) is 0 Å². The normalized spacial score (nSPS) is 12.6. The number of benzene rings is 11. The number of rotatable bonds is 8. The molecular formula is C67H48N2. The molecule has 2 nitrogen and oxygen atoms in total. The molecular weight excluding hydrogens is 833 g/mol. The fourth-order valence-electron chi connectivity index (χ4n) is 11.2. The zero-order valence-electron chi connectivity index (χ0n) is 38.6. The first-order valence-corrected chi connectivity index (χ1v) is 24.0. The second-order valence-electron chi connectivity index (χ2n) is 18.9. The second-order valence-corrected chi connectivity index (χ2v) is 18.9. The standard InChI is InChI=1S/C67H48N2/c1-67(2)61-26-11-8-22-58(61)59-43-42-53(44-62(59)67)68(51-38-34-48(35-39-51)55-24-14-19-47-18-6-7-20-54(47)55)52-40-36-49(37-41-52)56-21-9-12-27-63(56)69-64-28-13-10-23-60(64)66-57(25-15-29-65(66)69)50-32-30-46(31-33-50)45-16-4-3-5-17-45/h3-44H,1-2H3. The van der Waals surface area contributed by atoms with E-state index in [1.807, 2.05) is 0 Å². The van der Waals surface area contributed by atoms with Crippen molar-refractivity contribution >= 4 is 49.6 Å². The second kappa shape index (κ2) is 16.3. The minimum atomic E-state index is -0.125. The van der Waals surface area contributed by atoms with Crippen LogP contribution >= 0.6 is 0 Å². The monoisotopic (exact) mass is 880 g/mol. The largest absolute Gasteiger partial charge is 0.310 e. The first kappa shape index (κ1) is 40.5. The predicted octanol–water partition coefficient (Wildman–Crippen LogP) is 18.4. The summed E-state index contributed by atoms with van der Waals surface area (Å²) in [6.07, 6.45) is 0. The third-order valence-corrected chi connectivity index (χ3v) is 14.6. The van der Waals surface area contributed by atoms with Crippen molar-refractivity contribution in [1.29, 1.82) is 0 Å². The van der Waals surface area contributed by atoms with Crippen molar-refractivity contribution in [2.24, 2.45) is 0 Å². The third kappa shape index (κ3) is 6.71. The highest BCUT2D eigenvalue weighted by Crippen LogP contribution is 2.51. The molecule has 1 aliphatic carbocycles. The molecule has 1 heterocycles. The van der Waals surface area contributed by atoms with Crippen LogP contribution in [-0.2, 0) is 5.41 Å². The van der Waals surface area contributed by atoms with Crippen LogP contribution in [-0.4, -0.2) is 4.57 Å². The Morgan fingerprint density at radius 2 is 0.812 bits per heavy atom. The Hall–Kier alpha value is -8.72. The summed E-state index contributed by atoms with van der Waals surface area (Å²) < 4.78 is 2.46. The van der Waals surface area contributed by atoms with E-state index in [-0.39, 0.29) is 5.41 Å². The van der Waals surface area contributed by atoms with Gasteiger partial charge in [0, 0.05) is 38.8 Å². The van der Waals surface area contributed by atoms with Gasteiger partial charge in [-0.15, -0.1) is 0 Å². The lowest BCUT2D eigenvalue weighted by Crippen LogP contribution is -2.16. The Labute approximate surface area is 403 Å². The fourth-order valence-corrected chi connectivity index (χ4v) is 11.2. The molecule has 0 spiro atoms. The third-order valence-electron chi connectivity index (χ3n) is 14.6. The lowest BCUT2D eigenvalue weighted by molar-refractivity contribution is 0.660. The summed E-state index contributed by atoms with van der Waals surface area (Å²) in [5.74, 6) is 0. The molecule has 0 saturated carbocycles. The summed E-state index contributed by atoms with van der Waals surface area (Å²) in [6.45, 7) is 4.72. The molecule has 0 fully saturated rings. The van der Waals surface area contributed by atoms with Gasteiger partial charge in [-0.2, -0.15) is 0 Å². The maximum atomic E-state index is 2.46. The van der Waals surface area contributed by atoms with E-state index in [0.717, 1.165) is 28.3 Å². The van der Waals surface area contributed by atoms with Crippen LogP contribution in [0.3, 0.4) is 0 Å². The SMILES string of the molecule is CC1(C)c2ccccc2-c2ccc(N(c3ccc(-c4ccccc4-n4c5ccccc5c5c(-c6ccc(-c7ccccc7)cc6)cccc54)cc3)c3ccc(-c4cccc5ccccc45)cc3)cc21. The van der Waals surface area contributed by atoms with Crippen molar-refractivity contribution in [3.8, 4) is 61.3 Å². The minimum Gasteiger partial charge on any atom is -0.310 e. The van der Waals surface area contributed by atoms with E-state index in [4.69, 9.17) is 0 Å². The molecule has 0 aliphatic heterocycles. The number of nitrogens with zero attached hydrogens (tertiary/aromatic N) is 2. The van der Waals surface area contributed by atoms with Crippen LogP contribution in [0.15, 0.2) is 255 Å². The van der Waals surface area contributed by atoms with Crippen LogP contribution in [0.25, 0.3) is 93.9 Å². The van der Waals surface area contributed by atoms with E-state index in [9.17, 15) is 0 Å². The Balaban J connectivity index is 0.915. The summed E-state index contributed by atoms with van der Waals surface area (Å²) in [5, 5.41) is 5.00. The number of fused-ring (bicyclic) bond motifs is 7. The highest BCUT2D eigenvalue weighted by Gasteiger charge is 2.35. The van der Waals surface area contributed by atoms with Crippen molar-refractivity contribution in [2.45, 2.75) is 19.3 Å². The van der Waals surface area contributed by atoms with E-state index in [1.165, 1.54) is 93.8 Å². The lowest BCUT2D eigenvalue weighted by atomic mass is 9.82. The van der Waals surface area contributed by atoms with Gasteiger partial charge < -0.3 is 9.47 Å². The zero-order valence-corrected chi connectivity index (χ0v) is 38.6. The van der Waals surface area contributed by atoms with Crippen molar-refractivity contribution in [3.05, 3.63) is 266 Å². The van der Waals surface area contributed by atoms with E-state index in [2.05, 4.69) is 278 Å². The molecule has 12 aromatic rings. The number of anilines is 3. The van der Waals surface area contributed by atoms with Gasteiger partial charge in [0.25, 0.3) is 0 Å². The Morgan fingerprint density at radius 1 is 0.319 bits per heavy atom. The van der Waals surface area contributed by atoms with Crippen LogP contribution in [0.5, 0.6) is 0 Å². The Morgan fingerprint density at radius 3 is 1.59 bits per heavy atom. The van der Waals surface area contributed by atoms with Gasteiger partial charge in [0.05, 0.1) is 16.7 Å². The molecule has 0 amide bonds. The molecule has 0 atom stereocenters. The van der Waals surface area contributed by atoms with Gasteiger partial charge in [-0.05, 0) is 127 Å². The number of aromatic nitrogens is 1. The Bertz CT molecular complexity index is 3890. The van der Waals surface area contributed by atoms with Gasteiger partial charge in [0.2, 0.25) is 0 Å². The summed E-state index contributed by atoms with van der Waals surface area (Å²) >= 11 is 0. The topological polar surface area (TPSA) is 8.17 Å². The highest BCUT2D eigenvalue weighted by atomic mass is 15.1. The summed E-state index contributed by atoms with van der Waals surface area (Å²) in [7, 11) is 0. The zero-order chi connectivity index (χ0) is 46.1. The molecule has 1 aromatic heterocycles. The van der Waals surface area contributed by atoms with E-state index >= 15 is 0 Å². The number of hydrogen-bond acceptors (Lipinski definition) is 1. The van der Waals surface area contributed by atoms with Gasteiger partial charge in [-0.25, -0.2) is 0 Å². The smallest absolute Gasteiger partial charge is 0.0547 e. The summed E-state index contributed by atoms with van der Waals surface area (Å²) in [5.41, 5.74) is 21.8. The molecule has 326 valence electrons. The maximum absolute atomic E-state index is 2.46. The van der Waals surface area contributed by atoms with Crippen molar-refractivity contribution in [2.75, 3.05) is 4.90 Å². The van der Waals surface area contributed by atoms with Gasteiger partial charge in [-0.1, -0.05) is 214 Å². The van der Waals surface area contributed by atoms with Gasteiger partial charge in [0.1, 0.15) is 0 Å². The van der Waals surface area contributed by atoms with Gasteiger partial charge in [-0.3, -0.25) is 0 Å². The van der Waals surface area contributed by atoms with Crippen LogP contribution < -0.4 is 4.90 Å². The first-order valence-electron chi connectivity index (χ1n) is 24.0. The minimum absolute atomic E-state index is 0.125. The molecule has 0 unspecified atom stereocenters. The molecule has 0 saturated heterocycles. The lowest BCUT2D eigenvalue weighted by Gasteiger charge is -2.28. The van der Waals surface area contributed by atoms with Crippen molar-refractivity contribution < 1.29 is 0 Å². The molecule has 0 N–H and O–H groups in total. The fraction of sp³-hybridized carbons (Fsp3) is 0.0448. The van der Waals surface area contributed by atoms with Crippen LogP contribution in [0, 0.1) is 0 Å². The molecule has 1 aliphatic rings. The van der Waals surface area contributed by atoms with Crippen LogP contribution in [0.2, 0.25) is 0 Å². The molecule has 0 radical (unpaired) electrons. The molecule has 0 bridgehead atoms.